The third-order valence-electron chi connectivity index (χ3n) is 3.30. The Morgan fingerprint density at radius 1 is 1.42 bits per heavy atom. The first-order chi connectivity index (χ1) is 9.15. The number of carbonyl (C=O) groups is 1. The lowest BCUT2D eigenvalue weighted by atomic mass is 10.1. The Bertz CT molecular complexity index is 629. The van der Waals surface area contributed by atoms with Crippen LogP contribution in [0.5, 0.6) is 0 Å². The summed E-state index contributed by atoms with van der Waals surface area (Å²) in [5, 5.41) is 9.32. The lowest BCUT2D eigenvalue weighted by Crippen LogP contribution is -2.36. The van der Waals surface area contributed by atoms with Gasteiger partial charge in [-0.2, -0.15) is 0 Å². The van der Waals surface area contributed by atoms with Gasteiger partial charge in [-0.05, 0) is 19.1 Å². The second-order valence-electron chi connectivity index (χ2n) is 4.62. The Morgan fingerprint density at radius 2 is 2.16 bits per heavy atom. The summed E-state index contributed by atoms with van der Waals surface area (Å²) in [5.41, 5.74) is 2.42. The normalized spacial score (nSPS) is 15.9. The molecule has 1 aromatic carbocycles. The number of imidazole rings is 1. The van der Waals surface area contributed by atoms with Gasteiger partial charge in [-0.25, -0.2) is 9.78 Å². The minimum Gasteiger partial charge on any atom is -0.478 e. The lowest BCUT2D eigenvalue weighted by Gasteiger charge is -2.29. The van der Waals surface area contributed by atoms with E-state index in [1.165, 1.54) is 0 Å². The zero-order valence-corrected chi connectivity index (χ0v) is 10.6. The van der Waals surface area contributed by atoms with Gasteiger partial charge in [0.2, 0.25) is 0 Å². The Hall–Kier alpha value is -2.08. The molecular formula is C13H15N3O3. The average molecular weight is 261 g/mol. The highest BCUT2D eigenvalue weighted by Gasteiger charge is 2.18. The predicted octanol–water partition coefficient (Wildman–Crippen LogP) is 1.41. The number of hydrogen-bond donors (Lipinski definition) is 2. The quantitative estimate of drug-likeness (QED) is 0.854. The van der Waals surface area contributed by atoms with Gasteiger partial charge >= 0.3 is 5.97 Å². The second-order valence-corrected chi connectivity index (χ2v) is 4.62. The van der Waals surface area contributed by atoms with Crippen LogP contribution >= 0.6 is 0 Å². The van der Waals surface area contributed by atoms with E-state index in [0.29, 0.717) is 18.7 Å². The van der Waals surface area contributed by atoms with E-state index in [1.54, 1.807) is 6.07 Å². The van der Waals surface area contributed by atoms with Gasteiger partial charge in [-0.3, -0.25) is 0 Å². The monoisotopic (exact) mass is 261 g/mol. The molecule has 6 nitrogen and oxygen atoms in total. The van der Waals surface area contributed by atoms with Crippen molar-refractivity contribution in [1.29, 1.82) is 0 Å². The van der Waals surface area contributed by atoms with Crippen LogP contribution in [-0.4, -0.2) is 47.3 Å². The minimum absolute atomic E-state index is 0.239. The second kappa shape index (κ2) is 4.55. The van der Waals surface area contributed by atoms with Gasteiger partial charge in [-0.1, -0.05) is 0 Å². The number of aromatic nitrogens is 2. The third kappa shape index (κ3) is 2.15. The number of nitrogens with one attached hydrogen (secondary N) is 1. The maximum Gasteiger partial charge on any atom is 0.338 e. The fourth-order valence-electron chi connectivity index (χ4n) is 2.39. The SMILES string of the molecule is Cc1nc2c(C(=O)O)cc(N3CCOCC3)cc2[nH]1. The fraction of sp³-hybridized carbons (Fsp3) is 0.385. The molecule has 1 aromatic heterocycles. The lowest BCUT2D eigenvalue weighted by molar-refractivity contribution is 0.0699. The molecule has 1 saturated heterocycles. The van der Waals surface area contributed by atoms with E-state index in [-0.39, 0.29) is 5.56 Å². The van der Waals surface area contributed by atoms with Crippen LogP contribution in [0.25, 0.3) is 11.0 Å². The van der Waals surface area contributed by atoms with Crippen molar-refractivity contribution in [3.63, 3.8) is 0 Å². The van der Waals surface area contributed by atoms with Gasteiger partial charge in [0.25, 0.3) is 0 Å². The molecule has 1 aliphatic rings. The van der Waals surface area contributed by atoms with E-state index in [4.69, 9.17) is 4.74 Å². The van der Waals surface area contributed by atoms with E-state index < -0.39 is 5.97 Å². The molecule has 0 spiro atoms. The summed E-state index contributed by atoms with van der Waals surface area (Å²) in [6.45, 7) is 4.71. The number of rotatable bonds is 2. The molecule has 1 aliphatic heterocycles. The zero-order valence-electron chi connectivity index (χ0n) is 10.6. The number of carboxylic acid groups (broad SMARTS) is 1. The number of morpholine rings is 1. The Kier molecular flexibility index (Phi) is 2.87. The minimum atomic E-state index is -0.952. The van der Waals surface area contributed by atoms with Crippen molar-refractivity contribution >= 4 is 22.7 Å². The van der Waals surface area contributed by atoms with Gasteiger partial charge in [0.05, 0.1) is 24.3 Å². The topological polar surface area (TPSA) is 78.4 Å². The molecule has 2 N–H and O–H groups in total. The van der Waals surface area contributed by atoms with Crippen LogP contribution in [0.1, 0.15) is 16.2 Å². The van der Waals surface area contributed by atoms with Crippen molar-refractivity contribution in [3.8, 4) is 0 Å². The molecule has 3 rings (SSSR count). The largest absolute Gasteiger partial charge is 0.478 e. The van der Waals surface area contributed by atoms with E-state index in [2.05, 4.69) is 14.9 Å². The van der Waals surface area contributed by atoms with Crippen molar-refractivity contribution in [2.24, 2.45) is 0 Å². The molecule has 1 fully saturated rings. The Morgan fingerprint density at radius 3 is 2.84 bits per heavy atom. The van der Waals surface area contributed by atoms with Crippen LogP contribution in [-0.2, 0) is 4.74 Å². The number of aromatic carboxylic acids is 1. The molecule has 2 aromatic rings. The number of ether oxygens (including phenoxy) is 1. The number of benzene rings is 1. The number of aromatic amines is 1. The number of fused-ring (bicyclic) bond motifs is 1. The molecule has 0 radical (unpaired) electrons. The van der Waals surface area contributed by atoms with Crippen molar-refractivity contribution < 1.29 is 14.6 Å². The molecule has 2 heterocycles. The smallest absolute Gasteiger partial charge is 0.338 e. The molecule has 0 atom stereocenters. The van der Waals surface area contributed by atoms with Crippen molar-refractivity contribution in [3.05, 3.63) is 23.5 Å². The van der Waals surface area contributed by atoms with Crippen molar-refractivity contribution in [2.75, 3.05) is 31.2 Å². The van der Waals surface area contributed by atoms with Crippen LogP contribution in [0.3, 0.4) is 0 Å². The van der Waals surface area contributed by atoms with Crippen molar-refractivity contribution in [1.82, 2.24) is 9.97 Å². The first-order valence-electron chi connectivity index (χ1n) is 6.21. The summed E-state index contributed by atoms with van der Waals surface area (Å²) in [7, 11) is 0. The van der Waals surface area contributed by atoms with Crippen molar-refractivity contribution in [2.45, 2.75) is 6.92 Å². The summed E-state index contributed by atoms with van der Waals surface area (Å²) in [6, 6.07) is 3.64. The molecule has 0 bridgehead atoms. The van der Waals surface area contributed by atoms with Gasteiger partial charge in [-0.15, -0.1) is 0 Å². The van der Waals surface area contributed by atoms with Gasteiger partial charge in [0.1, 0.15) is 11.3 Å². The molecule has 0 amide bonds. The van der Waals surface area contributed by atoms with Crippen LogP contribution in [0.2, 0.25) is 0 Å². The van der Waals surface area contributed by atoms with E-state index in [1.807, 2.05) is 13.0 Å². The molecule has 6 heteroatoms. The van der Waals surface area contributed by atoms with Crippen LogP contribution in [0, 0.1) is 6.92 Å². The predicted molar refractivity (Wildman–Crippen MR) is 70.8 cm³/mol. The summed E-state index contributed by atoms with van der Waals surface area (Å²) < 4.78 is 5.31. The standard InChI is InChI=1S/C13H15N3O3/c1-8-14-11-7-9(16-2-4-19-5-3-16)6-10(13(17)18)12(11)15-8/h6-7H,2-5H2,1H3,(H,14,15)(H,17,18). The molecule has 0 unspecified atom stereocenters. The average Bonchev–Trinajstić information content (AvgIpc) is 2.78. The summed E-state index contributed by atoms with van der Waals surface area (Å²) in [5.74, 6) is -0.233. The van der Waals surface area contributed by atoms with E-state index >= 15 is 0 Å². The first-order valence-corrected chi connectivity index (χ1v) is 6.21. The maximum atomic E-state index is 11.4. The van der Waals surface area contributed by atoms with Crippen LogP contribution in [0.4, 0.5) is 5.69 Å². The Balaban J connectivity index is 2.12. The molecule has 0 aliphatic carbocycles. The summed E-state index contributed by atoms with van der Waals surface area (Å²) in [6.07, 6.45) is 0. The summed E-state index contributed by atoms with van der Waals surface area (Å²) in [4.78, 5) is 20.8. The number of aryl methyl sites for hydroxylation is 1. The van der Waals surface area contributed by atoms with E-state index in [9.17, 15) is 9.90 Å². The highest BCUT2D eigenvalue weighted by molar-refractivity contribution is 6.02. The van der Waals surface area contributed by atoms with Gasteiger partial charge < -0.3 is 19.7 Å². The Labute approximate surface area is 110 Å². The molecule has 19 heavy (non-hydrogen) atoms. The zero-order chi connectivity index (χ0) is 13.4. The first kappa shape index (κ1) is 12.0. The number of nitrogens with zero attached hydrogens (tertiary/aromatic N) is 2. The van der Waals surface area contributed by atoms with Gasteiger partial charge in [0.15, 0.2) is 0 Å². The summed E-state index contributed by atoms with van der Waals surface area (Å²) >= 11 is 0. The maximum absolute atomic E-state index is 11.4. The number of carboxylic acids is 1. The highest BCUT2D eigenvalue weighted by Crippen LogP contribution is 2.25. The number of hydrogen-bond acceptors (Lipinski definition) is 4. The highest BCUT2D eigenvalue weighted by atomic mass is 16.5. The fourth-order valence-corrected chi connectivity index (χ4v) is 2.39. The van der Waals surface area contributed by atoms with Gasteiger partial charge in [0, 0.05) is 18.8 Å². The molecule has 100 valence electrons. The number of H-pyrrole nitrogens is 1. The van der Waals surface area contributed by atoms with E-state index in [0.717, 1.165) is 30.1 Å². The third-order valence-corrected chi connectivity index (χ3v) is 3.30. The van der Waals surface area contributed by atoms with Crippen LogP contribution in [0.15, 0.2) is 12.1 Å². The number of anilines is 1. The van der Waals surface area contributed by atoms with Crippen LogP contribution < -0.4 is 4.90 Å². The molecule has 0 saturated carbocycles. The molecular weight excluding hydrogens is 246 g/mol.